The molecule has 0 bridgehead atoms. The molecular weight excluding hydrogens is 283 g/mol. The molecule has 4 nitrogen and oxygen atoms in total. The van der Waals surface area contributed by atoms with Crippen LogP contribution < -0.4 is 15.8 Å². The van der Waals surface area contributed by atoms with Gasteiger partial charge in [-0.3, -0.25) is 4.79 Å². The summed E-state index contributed by atoms with van der Waals surface area (Å²) in [4.78, 5) is 11.4. The van der Waals surface area contributed by atoms with E-state index in [0.717, 1.165) is 6.07 Å². The highest BCUT2D eigenvalue weighted by Crippen LogP contribution is 2.30. The molecule has 6 heteroatoms. The number of nitrogen functional groups attached to an aromatic ring is 1. The fourth-order valence-corrected chi connectivity index (χ4v) is 1.71. The van der Waals surface area contributed by atoms with E-state index in [2.05, 4.69) is 5.32 Å². The van der Waals surface area contributed by atoms with E-state index in [0.29, 0.717) is 11.3 Å². The number of nitrogens with two attached hydrogens (primary N) is 1. The summed E-state index contributed by atoms with van der Waals surface area (Å²) in [7, 11) is 1.53. The van der Waals surface area contributed by atoms with Gasteiger partial charge in [0.05, 0.1) is 10.7 Å². The molecule has 2 aromatic carbocycles. The van der Waals surface area contributed by atoms with Crippen molar-refractivity contribution < 1.29 is 13.9 Å². The molecule has 104 valence electrons. The van der Waals surface area contributed by atoms with Crippen LogP contribution in [-0.2, 0) is 0 Å². The minimum Gasteiger partial charge on any atom is -0.455 e. The van der Waals surface area contributed by atoms with E-state index in [1.165, 1.54) is 25.2 Å². The minimum atomic E-state index is -0.579. The quantitative estimate of drug-likeness (QED) is 0.854. The molecule has 0 saturated heterocycles. The third-order valence-electron chi connectivity index (χ3n) is 2.62. The van der Waals surface area contributed by atoms with Crippen LogP contribution in [0.25, 0.3) is 0 Å². The second kappa shape index (κ2) is 5.79. The lowest BCUT2D eigenvalue weighted by Gasteiger charge is -2.10. The van der Waals surface area contributed by atoms with Crippen molar-refractivity contribution in [1.29, 1.82) is 0 Å². The van der Waals surface area contributed by atoms with E-state index in [1.807, 2.05) is 0 Å². The van der Waals surface area contributed by atoms with Crippen LogP contribution in [0.5, 0.6) is 11.5 Å². The van der Waals surface area contributed by atoms with Crippen LogP contribution in [0.3, 0.4) is 0 Å². The molecule has 1 amide bonds. The Morgan fingerprint density at radius 1 is 1.30 bits per heavy atom. The molecule has 2 aromatic rings. The minimum absolute atomic E-state index is 0.0142. The van der Waals surface area contributed by atoms with Gasteiger partial charge in [0, 0.05) is 18.7 Å². The summed E-state index contributed by atoms with van der Waals surface area (Å²) in [5.74, 6) is -0.226. The predicted molar refractivity (Wildman–Crippen MR) is 75.7 cm³/mol. The Morgan fingerprint density at radius 2 is 2.05 bits per heavy atom. The number of amides is 1. The molecule has 0 aromatic heterocycles. The summed E-state index contributed by atoms with van der Waals surface area (Å²) in [5.41, 5.74) is 6.50. The number of carbonyl (C=O) groups is 1. The Labute approximate surface area is 120 Å². The summed E-state index contributed by atoms with van der Waals surface area (Å²) in [6.07, 6.45) is 0. The first-order valence-corrected chi connectivity index (χ1v) is 6.13. The maximum atomic E-state index is 13.3. The zero-order valence-corrected chi connectivity index (χ0v) is 11.4. The van der Waals surface area contributed by atoms with Crippen molar-refractivity contribution in [2.24, 2.45) is 0 Å². The number of halogens is 2. The fraction of sp³-hybridized carbons (Fsp3) is 0.0714. The van der Waals surface area contributed by atoms with Crippen molar-refractivity contribution >= 4 is 23.2 Å². The van der Waals surface area contributed by atoms with E-state index >= 15 is 0 Å². The molecule has 0 saturated carbocycles. The third kappa shape index (κ3) is 3.00. The third-order valence-corrected chi connectivity index (χ3v) is 2.92. The number of benzene rings is 2. The first kappa shape index (κ1) is 14.1. The van der Waals surface area contributed by atoms with Gasteiger partial charge in [-0.15, -0.1) is 0 Å². The SMILES string of the molecule is CNC(=O)c1ccc(Oc2ccc(Cl)c(F)c2)c(N)c1. The van der Waals surface area contributed by atoms with Crippen LogP contribution in [0.2, 0.25) is 5.02 Å². The average molecular weight is 295 g/mol. The van der Waals surface area contributed by atoms with Crippen LogP contribution in [0.4, 0.5) is 10.1 Å². The molecule has 0 aliphatic rings. The van der Waals surface area contributed by atoms with Crippen LogP contribution in [0, 0.1) is 5.82 Å². The van der Waals surface area contributed by atoms with E-state index in [4.69, 9.17) is 22.1 Å². The molecule has 0 heterocycles. The van der Waals surface area contributed by atoms with Crippen molar-refractivity contribution in [1.82, 2.24) is 5.32 Å². The lowest BCUT2D eigenvalue weighted by atomic mass is 10.2. The molecule has 0 aliphatic heterocycles. The highest BCUT2D eigenvalue weighted by molar-refractivity contribution is 6.30. The molecule has 2 rings (SSSR count). The lowest BCUT2D eigenvalue weighted by molar-refractivity contribution is 0.0963. The second-order valence-electron chi connectivity index (χ2n) is 4.01. The molecule has 20 heavy (non-hydrogen) atoms. The summed E-state index contributed by atoms with van der Waals surface area (Å²) in [6.45, 7) is 0. The summed E-state index contributed by atoms with van der Waals surface area (Å²) in [5, 5.41) is 2.51. The van der Waals surface area contributed by atoms with Gasteiger partial charge in [0.15, 0.2) is 0 Å². The molecule has 0 fully saturated rings. The van der Waals surface area contributed by atoms with Crippen molar-refractivity contribution in [3.8, 4) is 11.5 Å². The van der Waals surface area contributed by atoms with Gasteiger partial charge in [-0.05, 0) is 30.3 Å². The van der Waals surface area contributed by atoms with Crippen molar-refractivity contribution in [3.05, 3.63) is 52.8 Å². The normalized spacial score (nSPS) is 10.2. The average Bonchev–Trinajstić information content (AvgIpc) is 2.44. The largest absolute Gasteiger partial charge is 0.455 e. The maximum Gasteiger partial charge on any atom is 0.251 e. The van der Waals surface area contributed by atoms with E-state index in [-0.39, 0.29) is 22.4 Å². The van der Waals surface area contributed by atoms with E-state index in [9.17, 15) is 9.18 Å². The van der Waals surface area contributed by atoms with Gasteiger partial charge >= 0.3 is 0 Å². The fourth-order valence-electron chi connectivity index (χ4n) is 1.59. The topological polar surface area (TPSA) is 64.3 Å². The van der Waals surface area contributed by atoms with Gasteiger partial charge < -0.3 is 15.8 Å². The summed E-state index contributed by atoms with van der Waals surface area (Å²) in [6, 6.07) is 8.68. The van der Waals surface area contributed by atoms with Crippen LogP contribution in [0.1, 0.15) is 10.4 Å². The summed E-state index contributed by atoms with van der Waals surface area (Å²) < 4.78 is 18.8. The van der Waals surface area contributed by atoms with Gasteiger partial charge in [-0.2, -0.15) is 0 Å². The van der Waals surface area contributed by atoms with Crippen molar-refractivity contribution in [2.45, 2.75) is 0 Å². The Kier molecular flexibility index (Phi) is 4.10. The number of hydrogen-bond acceptors (Lipinski definition) is 3. The first-order chi connectivity index (χ1) is 9.51. The van der Waals surface area contributed by atoms with Crippen LogP contribution >= 0.6 is 11.6 Å². The van der Waals surface area contributed by atoms with Crippen molar-refractivity contribution in [2.75, 3.05) is 12.8 Å². The molecule has 3 N–H and O–H groups in total. The highest BCUT2D eigenvalue weighted by atomic mass is 35.5. The van der Waals surface area contributed by atoms with Crippen molar-refractivity contribution in [3.63, 3.8) is 0 Å². The van der Waals surface area contributed by atoms with Gasteiger partial charge in [-0.25, -0.2) is 4.39 Å². The monoisotopic (exact) mass is 294 g/mol. The van der Waals surface area contributed by atoms with Crippen LogP contribution in [0.15, 0.2) is 36.4 Å². The van der Waals surface area contributed by atoms with Gasteiger partial charge in [0.25, 0.3) is 5.91 Å². The molecule has 0 spiro atoms. The molecular formula is C14H12ClFN2O2. The molecule has 0 atom stereocenters. The van der Waals surface area contributed by atoms with Gasteiger partial charge in [0.1, 0.15) is 17.3 Å². The Balaban J connectivity index is 2.25. The van der Waals surface area contributed by atoms with E-state index in [1.54, 1.807) is 12.1 Å². The number of ether oxygens (including phenoxy) is 1. The Bertz CT molecular complexity index is 662. The number of rotatable bonds is 3. The number of carbonyl (C=O) groups excluding carboxylic acids is 1. The molecule has 0 radical (unpaired) electrons. The molecule has 0 aliphatic carbocycles. The summed E-state index contributed by atoms with van der Waals surface area (Å²) >= 11 is 5.59. The highest BCUT2D eigenvalue weighted by Gasteiger charge is 2.09. The van der Waals surface area contributed by atoms with Gasteiger partial charge in [0.2, 0.25) is 0 Å². The number of hydrogen-bond donors (Lipinski definition) is 2. The first-order valence-electron chi connectivity index (χ1n) is 5.76. The van der Waals surface area contributed by atoms with Crippen LogP contribution in [-0.4, -0.2) is 13.0 Å². The van der Waals surface area contributed by atoms with E-state index < -0.39 is 5.82 Å². The number of anilines is 1. The Hall–Kier alpha value is -2.27. The number of nitrogens with one attached hydrogen (secondary N) is 1. The Morgan fingerprint density at radius 3 is 2.65 bits per heavy atom. The second-order valence-corrected chi connectivity index (χ2v) is 4.42. The predicted octanol–water partition coefficient (Wildman–Crippen LogP) is 3.21. The molecule has 0 unspecified atom stereocenters. The standard InChI is InChI=1S/C14H12ClFN2O2/c1-18-14(19)8-2-5-13(12(17)6-8)20-9-3-4-10(15)11(16)7-9/h2-7H,17H2,1H3,(H,18,19). The van der Waals surface area contributed by atoms with Gasteiger partial charge in [-0.1, -0.05) is 11.6 Å². The maximum absolute atomic E-state index is 13.3. The zero-order chi connectivity index (χ0) is 14.7. The smallest absolute Gasteiger partial charge is 0.251 e. The lowest BCUT2D eigenvalue weighted by Crippen LogP contribution is -2.17. The zero-order valence-electron chi connectivity index (χ0n) is 10.6.